The third-order valence-electron chi connectivity index (χ3n) is 5.63. The Labute approximate surface area is 169 Å². The first-order valence-corrected chi connectivity index (χ1v) is 11.8. The van der Waals surface area contributed by atoms with Crippen molar-refractivity contribution in [2.45, 2.75) is 30.7 Å². The number of nitrogens with zero attached hydrogens (tertiary/aromatic N) is 2. The Bertz CT molecular complexity index is 836. The van der Waals surface area contributed by atoms with Crippen LogP contribution in [0.25, 0.3) is 10.8 Å². The van der Waals surface area contributed by atoms with E-state index in [1.807, 2.05) is 56.8 Å². The highest BCUT2D eigenvalue weighted by molar-refractivity contribution is 8.77. The summed E-state index contributed by atoms with van der Waals surface area (Å²) in [7, 11) is 3.78. The van der Waals surface area contributed by atoms with E-state index in [0.29, 0.717) is 6.04 Å². The molecule has 0 bridgehead atoms. The van der Waals surface area contributed by atoms with Gasteiger partial charge in [-0.1, -0.05) is 58.0 Å². The van der Waals surface area contributed by atoms with Crippen LogP contribution in [0.15, 0.2) is 42.5 Å². The normalized spacial score (nSPS) is 26.3. The van der Waals surface area contributed by atoms with E-state index in [0.717, 1.165) is 48.3 Å². The van der Waals surface area contributed by atoms with E-state index in [1.165, 1.54) is 0 Å². The van der Waals surface area contributed by atoms with Gasteiger partial charge in [0.15, 0.2) is 0 Å². The van der Waals surface area contributed by atoms with Crippen LogP contribution in [-0.4, -0.2) is 64.5 Å². The van der Waals surface area contributed by atoms with Crippen molar-refractivity contribution in [3.05, 3.63) is 48.0 Å². The Morgan fingerprint density at radius 3 is 2.74 bits per heavy atom. The van der Waals surface area contributed by atoms with E-state index in [4.69, 9.17) is 5.73 Å². The lowest BCUT2D eigenvalue weighted by Gasteiger charge is -2.49. The number of rotatable bonds is 1. The van der Waals surface area contributed by atoms with Crippen LogP contribution < -0.4 is 5.73 Å². The summed E-state index contributed by atoms with van der Waals surface area (Å²) < 4.78 is 0.0719. The van der Waals surface area contributed by atoms with Gasteiger partial charge >= 0.3 is 0 Å². The summed E-state index contributed by atoms with van der Waals surface area (Å²) in [5.74, 6) is 1.13. The molecule has 2 N–H and O–H groups in total. The molecule has 2 fully saturated rings. The smallest absolute Gasteiger partial charge is 0.254 e. The first-order valence-electron chi connectivity index (χ1n) is 9.53. The van der Waals surface area contributed by atoms with Crippen molar-refractivity contribution in [3.8, 4) is 0 Å². The van der Waals surface area contributed by atoms with Crippen LogP contribution in [0, 0.1) is 0 Å². The molecule has 4 rings (SSSR count). The molecular formula is C21H27N3OS2. The minimum Gasteiger partial charge on any atom is -0.336 e. The highest BCUT2D eigenvalue weighted by Crippen LogP contribution is 2.42. The monoisotopic (exact) mass is 401 g/mol. The van der Waals surface area contributed by atoms with E-state index < -0.39 is 0 Å². The lowest BCUT2D eigenvalue weighted by Crippen LogP contribution is -2.63. The highest BCUT2D eigenvalue weighted by atomic mass is 33.1. The first-order chi connectivity index (χ1) is 13.0. The fraction of sp³-hybridized carbons (Fsp3) is 0.476. The van der Waals surface area contributed by atoms with Crippen LogP contribution in [-0.2, 0) is 0 Å². The molecule has 1 amide bonds. The number of benzene rings is 2. The average Bonchev–Trinajstić information content (AvgIpc) is 2.66. The van der Waals surface area contributed by atoms with E-state index in [9.17, 15) is 4.79 Å². The Kier molecular flexibility index (Phi) is 5.43. The fourth-order valence-electron chi connectivity index (χ4n) is 4.15. The number of hydrogen-bond acceptors (Lipinski definition) is 5. The van der Waals surface area contributed by atoms with Crippen molar-refractivity contribution in [2.75, 3.05) is 31.9 Å². The van der Waals surface area contributed by atoms with Crippen LogP contribution in [0.2, 0.25) is 0 Å². The molecule has 0 aliphatic carbocycles. The van der Waals surface area contributed by atoms with E-state index >= 15 is 0 Å². The topological polar surface area (TPSA) is 49.6 Å². The molecule has 0 aromatic heterocycles. The average molecular weight is 402 g/mol. The molecule has 0 saturated carbocycles. The summed E-state index contributed by atoms with van der Waals surface area (Å²) in [6, 6.07) is 14.7. The number of carbonyl (C=O) groups is 1. The molecule has 0 radical (unpaired) electrons. The molecule has 4 nitrogen and oxygen atoms in total. The van der Waals surface area contributed by atoms with E-state index in [2.05, 4.69) is 30.9 Å². The van der Waals surface area contributed by atoms with Gasteiger partial charge < -0.3 is 10.6 Å². The molecule has 2 aromatic rings. The van der Waals surface area contributed by atoms with Crippen molar-refractivity contribution < 1.29 is 4.79 Å². The minimum absolute atomic E-state index is 0.0719. The van der Waals surface area contributed by atoms with Crippen molar-refractivity contribution in [1.82, 2.24) is 9.80 Å². The predicted molar refractivity (Wildman–Crippen MR) is 117 cm³/mol. The Morgan fingerprint density at radius 2 is 1.89 bits per heavy atom. The van der Waals surface area contributed by atoms with Gasteiger partial charge in [0, 0.05) is 54.3 Å². The van der Waals surface area contributed by atoms with Crippen molar-refractivity contribution >= 4 is 38.3 Å². The maximum absolute atomic E-state index is 13.4. The molecule has 2 aliphatic heterocycles. The number of carbonyl (C=O) groups excluding carboxylic acids is 1. The maximum Gasteiger partial charge on any atom is 0.254 e. The number of piperazine rings is 1. The molecule has 2 aliphatic rings. The van der Waals surface area contributed by atoms with Gasteiger partial charge in [-0.05, 0) is 30.7 Å². The molecule has 2 saturated heterocycles. The summed E-state index contributed by atoms with van der Waals surface area (Å²) in [5, 5.41) is 2.16. The van der Waals surface area contributed by atoms with Gasteiger partial charge in [-0.25, -0.2) is 0 Å². The van der Waals surface area contributed by atoms with Gasteiger partial charge in [0.05, 0.1) is 0 Å². The number of nitrogens with two attached hydrogens (primary N) is 1. The molecule has 0 unspecified atom stereocenters. The van der Waals surface area contributed by atoms with Crippen molar-refractivity contribution in [1.29, 1.82) is 0 Å². The zero-order valence-corrected chi connectivity index (χ0v) is 17.6. The number of amides is 1. The summed E-state index contributed by atoms with van der Waals surface area (Å²) >= 11 is 0. The van der Waals surface area contributed by atoms with Crippen molar-refractivity contribution in [2.24, 2.45) is 5.73 Å². The third kappa shape index (κ3) is 3.86. The summed E-state index contributed by atoms with van der Waals surface area (Å²) in [6.07, 6.45) is 0. The Balaban J connectivity index is 1.61. The standard InChI is InChI=1S/C21H27N3OS2/c1-21(2)19-13-24(11-10-23(19)12-16(22)14-26-27-21)20(25)18-9-5-7-15-6-3-4-8-17(15)18/h3-9,16,19H,10-14,22H2,1-2H3/t16-,19-/m1/s1. The lowest BCUT2D eigenvalue weighted by molar-refractivity contribution is 0.0407. The second-order valence-electron chi connectivity index (χ2n) is 8.02. The van der Waals surface area contributed by atoms with Gasteiger partial charge in [0.1, 0.15) is 0 Å². The summed E-state index contributed by atoms with van der Waals surface area (Å²) in [4.78, 5) is 17.9. The Morgan fingerprint density at radius 1 is 1.11 bits per heavy atom. The fourth-order valence-corrected chi connectivity index (χ4v) is 7.11. The van der Waals surface area contributed by atoms with Crippen molar-refractivity contribution in [3.63, 3.8) is 0 Å². The van der Waals surface area contributed by atoms with Gasteiger partial charge in [-0.2, -0.15) is 0 Å². The molecule has 2 aromatic carbocycles. The molecule has 0 spiro atoms. The largest absolute Gasteiger partial charge is 0.336 e. The van der Waals surface area contributed by atoms with Gasteiger partial charge in [-0.3, -0.25) is 9.69 Å². The van der Waals surface area contributed by atoms with Crippen LogP contribution in [0.5, 0.6) is 0 Å². The second kappa shape index (κ2) is 7.66. The summed E-state index contributed by atoms with van der Waals surface area (Å²) in [6.45, 7) is 7.92. The maximum atomic E-state index is 13.4. The number of hydrogen-bond donors (Lipinski definition) is 1. The third-order valence-corrected chi connectivity index (χ3v) is 9.06. The van der Waals surface area contributed by atoms with Crippen LogP contribution in [0.4, 0.5) is 0 Å². The molecular weight excluding hydrogens is 374 g/mol. The second-order valence-corrected chi connectivity index (χ2v) is 11.0. The first kappa shape index (κ1) is 19.1. The molecule has 27 heavy (non-hydrogen) atoms. The zero-order chi connectivity index (χ0) is 19.0. The van der Waals surface area contributed by atoms with E-state index in [1.54, 1.807) is 0 Å². The van der Waals surface area contributed by atoms with Gasteiger partial charge in [-0.15, -0.1) is 0 Å². The van der Waals surface area contributed by atoms with Crippen LogP contribution in [0.3, 0.4) is 0 Å². The zero-order valence-electron chi connectivity index (χ0n) is 15.9. The molecule has 144 valence electrons. The van der Waals surface area contributed by atoms with Crippen LogP contribution >= 0.6 is 21.6 Å². The van der Waals surface area contributed by atoms with Crippen LogP contribution in [0.1, 0.15) is 24.2 Å². The van der Waals surface area contributed by atoms with E-state index in [-0.39, 0.29) is 16.7 Å². The lowest BCUT2D eigenvalue weighted by atomic mass is 9.96. The molecule has 6 heteroatoms. The predicted octanol–water partition coefficient (Wildman–Crippen LogP) is 3.47. The number of fused-ring (bicyclic) bond motifs is 2. The highest BCUT2D eigenvalue weighted by Gasteiger charge is 2.42. The van der Waals surface area contributed by atoms with Gasteiger partial charge in [0.2, 0.25) is 0 Å². The SMILES string of the molecule is CC1(C)SSC[C@H](N)CN2CCN(C(=O)c3cccc4ccccc34)C[C@@H]21. The van der Waals surface area contributed by atoms with Gasteiger partial charge in [0.25, 0.3) is 5.91 Å². The Hall–Kier alpha value is -1.21. The summed E-state index contributed by atoms with van der Waals surface area (Å²) in [5.41, 5.74) is 7.10. The molecule has 2 heterocycles. The molecule has 2 atom stereocenters. The minimum atomic E-state index is 0.0719. The quantitative estimate of drug-likeness (QED) is 0.742.